The molecule has 0 radical (unpaired) electrons. The zero-order valence-electron chi connectivity index (χ0n) is 11.7. The Balaban J connectivity index is 2.02. The van der Waals surface area contributed by atoms with Crippen LogP contribution in [0.5, 0.6) is 5.75 Å². The van der Waals surface area contributed by atoms with Crippen LogP contribution in [0.25, 0.3) is 0 Å². The molecule has 5 heteroatoms. The Labute approximate surface area is 127 Å². The molecule has 1 saturated carbocycles. The Morgan fingerprint density at radius 1 is 1.35 bits per heavy atom. The van der Waals surface area contributed by atoms with Crippen LogP contribution in [0.1, 0.15) is 32.3 Å². The first-order valence-corrected chi connectivity index (χ1v) is 7.73. The van der Waals surface area contributed by atoms with Crippen molar-refractivity contribution < 1.29 is 13.5 Å². The van der Waals surface area contributed by atoms with E-state index in [1.807, 2.05) is 6.07 Å². The average molecular weight is 348 g/mol. The molecule has 1 aliphatic rings. The third-order valence-electron chi connectivity index (χ3n) is 4.26. The molecule has 0 aromatic heterocycles. The van der Waals surface area contributed by atoms with Crippen LogP contribution < -0.4 is 10.1 Å². The SMILES string of the molecule is CC1CCC(NCc2cc(Br)ccc2OC(F)F)C1C. The van der Waals surface area contributed by atoms with Crippen molar-refractivity contribution in [1.82, 2.24) is 5.32 Å². The molecule has 112 valence electrons. The van der Waals surface area contributed by atoms with Gasteiger partial charge < -0.3 is 10.1 Å². The van der Waals surface area contributed by atoms with Crippen molar-refractivity contribution in [2.75, 3.05) is 0 Å². The normalized spacial score (nSPS) is 26.2. The van der Waals surface area contributed by atoms with E-state index in [0.717, 1.165) is 16.5 Å². The Bertz CT molecular complexity index is 455. The minimum absolute atomic E-state index is 0.245. The highest BCUT2D eigenvalue weighted by molar-refractivity contribution is 9.10. The third-order valence-corrected chi connectivity index (χ3v) is 4.75. The predicted molar refractivity (Wildman–Crippen MR) is 79.0 cm³/mol. The minimum Gasteiger partial charge on any atom is -0.434 e. The van der Waals surface area contributed by atoms with Gasteiger partial charge in [-0.1, -0.05) is 29.8 Å². The van der Waals surface area contributed by atoms with Crippen molar-refractivity contribution in [2.45, 2.75) is 45.9 Å². The number of hydrogen-bond acceptors (Lipinski definition) is 2. The van der Waals surface area contributed by atoms with Crippen LogP contribution in [0.3, 0.4) is 0 Å². The summed E-state index contributed by atoms with van der Waals surface area (Å²) in [4.78, 5) is 0. The first kappa shape index (κ1) is 15.7. The van der Waals surface area contributed by atoms with Gasteiger partial charge in [0.1, 0.15) is 5.75 Å². The lowest BCUT2D eigenvalue weighted by molar-refractivity contribution is -0.0505. The molecule has 1 aromatic rings. The first-order chi connectivity index (χ1) is 9.47. The highest BCUT2D eigenvalue weighted by atomic mass is 79.9. The van der Waals surface area contributed by atoms with Gasteiger partial charge in [0.15, 0.2) is 0 Å². The van der Waals surface area contributed by atoms with E-state index in [0.29, 0.717) is 24.4 Å². The van der Waals surface area contributed by atoms with E-state index in [9.17, 15) is 8.78 Å². The van der Waals surface area contributed by atoms with Crippen molar-refractivity contribution in [1.29, 1.82) is 0 Å². The molecule has 0 heterocycles. The number of rotatable bonds is 5. The van der Waals surface area contributed by atoms with Gasteiger partial charge in [-0.15, -0.1) is 0 Å². The average Bonchev–Trinajstić information content (AvgIpc) is 2.70. The number of alkyl halides is 2. The van der Waals surface area contributed by atoms with Gasteiger partial charge >= 0.3 is 6.61 Å². The second-order valence-corrected chi connectivity index (χ2v) is 6.45. The predicted octanol–water partition coefficient (Wildman–Crippen LogP) is 4.57. The number of nitrogens with one attached hydrogen (secondary N) is 1. The Morgan fingerprint density at radius 3 is 2.70 bits per heavy atom. The molecule has 1 aliphatic carbocycles. The van der Waals surface area contributed by atoms with Gasteiger partial charge in [-0.3, -0.25) is 0 Å². The molecular weight excluding hydrogens is 328 g/mol. The Hall–Kier alpha value is -0.680. The van der Waals surface area contributed by atoms with Crippen LogP contribution in [0.2, 0.25) is 0 Å². The van der Waals surface area contributed by atoms with E-state index in [-0.39, 0.29) is 5.75 Å². The maximum absolute atomic E-state index is 12.4. The minimum atomic E-state index is -2.79. The highest BCUT2D eigenvalue weighted by Crippen LogP contribution is 2.32. The zero-order valence-corrected chi connectivity index (χ0v) is 13.3. The van der Waals surface area contributed by atoms with Gasteiger partial charge in [0.05, 0.1) is 0 Å². The molecule has 1 fully saturated rings. The summed E-state index contributed by atoms with van der Waals surface area (Å²) in [7, 11) is 0. The van der Waals surface area contributed by atoms with Crippen LogP contribution in [-0.2, 0) is 6.54 Å². The summed E-state index contributed by atoms with van der Waals surface area (Å²) < 4.78 is 30.2. The summed E-state index contributed by atoms with van der Waals surface area (Å²) in [6.45, 7) is 2.26. The molecule has 3 unspecified atom stereocenters. The van der Waals surface area contributed by atoms with Crippen molar-refractivity contribution in [3.63, 3.8) is 0 Å². The molecule has 2 rings (SSSR count). The smallest absolute Gasteiger partial charge is 0.387 e. The number of hydrogen-bond donors (Lipinski definition) is 1. The van der Waals surface area contributed by atoms with E-state index in [4.69, 9.17) is 0 Å². The lowest BCUT2D eigenvalue weighted by Crippen LogP contribution is -2.32. The van der Waals surface area contributed by atoms with Gasteiger partial charge in [0, 0.05) is 22.6 Å². The monoisotopic (exact) mass is 347 g/mol. The van der Waals surface area contributed by atoms with Crippen molar-refractivity contribution >= 4 is 15.9 Å². The van der Waals surface area contributed by atoms with E-state index in [1.54, 1.807) is 12.1 Å². The molecule has 3 atom stereocenters. The fraction of sp³-hybridized carbons (Fsp3) is 0.600. The second kappa shape index (κ2) is 6.85. The molecule has 20 heavy (non-hydrogen) atoms. The number of ether oxygens (including phenoxy) is 1. The molecule has 0 spiro atoms. The third kappa shape index (κ3) is 3.92. The second-order valence-electron chi connectivity index (χ2n) is 5.53. The van der Waals surface area contributed by atoms with E-state index >= 15 is 0 Å². The van der Waals surface area contributed by atoms with Crippen LogP contribution in [-0.4, -0.2) is 12.7 Å². The lowest BCUT2D eigenvalue weighted by Gasteiger charge is -2.20. The molecular formula is C15H20BrF2NO. The Kier molecular flexibility index (Phi) is 5.38. The fourth-order valence-electron chi connectivity index (χ4n) is 2.79. The van der Waals surface area contributed by atoms with Crippen molar-refractivity contribution in [3.05, 3.63) is 28.2 Å². The van der Waals surface area contributed by atoms with Gasteiger partial charge in [0.25, 0.3) is 0 Å². The summed E-state index contributed by atoms with van der Waals surface area (Å²) >= 11 is 3.37. The summed E-state index contributed by atoms with van der Waals surface area (Å²) in [5, 5.41) is 3.47. The number of benzene rings is 1. The quantitative estimate of drug-likeness (QED) is 0.841. The largest absolute Gasteiger partial charge is 0.434 e. The summed E-state index contributed by atoms with van der Waals surface area (Å²) in [6, 6.07) is 5.56. The van der Waals surface area contributed by atoms with Crippen LogP contribution >= 0.6 is 15.9 Å². The highest BCUT2D eigenvalue weighted by Gasteiger charge is 2.29. The lowest BCUT2D eigenvalue weighted by atomic mass is 9.97. The van der Waals surface area contributed by atoms with E-state index in [2.05, 4.69) is 39.8 Å². The zero-order chi connectivity index (χ0) is 14.7. The molecule has 0 aliphatic heterocycles. The van der Waals surface area contributed by atoms with Gasteiger partial charge in [-0.25, -0.2) is 0 Å². The van der Waals surface area contributed by atoms with E-state index in [1.165, 1.54) is 6.42 Å². The molecule has 0 saturated heterocycles. The molecule has 0 bridgehead atoms. The van der Waals surface area contributed by atoms with Gasteiger partial charge in [-0.2, -0.15) is 8.78 Å². The molecule has 1 N–H and O–H groups in total. The maximum Gasteiger partial charge on any atom is 0.387 e. The fourth-order valence-corrected chi connectivity index (χ4v) is 3.20. The van der Waals surface area contributed by atoms with Crippen molar-refractivity contribution in [3.8, 4) is 5.75 Å². The van der Waals surface area contributed by atoms with Crippen LogP contribution in [0.15, 0.2) is 22.7 Å². The standard InChI is InChI=1S/C15H20BrF2NO/c1-9-3-5-13(10(9)2)19-8-11-7-12(16)4-6-14(11)20-15(17)18/h4,6-7,9-10,13,15,19H,3,5,8H2,1-2H3. The van der Waals surface area contributed by atoms with Crippen LogP contribution in [0.4, 0.5) is 8.78 Å². The van der Waals surface area contributed by atoms with Gasteiger partial charge in [-0.05, 0) is 42.9 Å². The first-order valence-electron chi connectivity index (χ1n) is 6.94. The number of halogens is 3. The van der Waals surface area contributed by atoms with Crippen LogP contribution in [0, 0.1) is 11.8 Å². The van der Waals surface area contributed by atoms with Gasteiger partial charge in [0.2, 0.25) is 0 Å². The van der Waals surface area contributed by atoms with Crippen molar-refractivity contribution in [2.24, 2.45) is 11.8 Å². The summed E-state index contributed by atoms with van der Waals surface area (Å²) in [5.41, 5.74) is 0.756. The molecule has 0 amide bonds. The Morgan fingerprint density at radius 2 is 2.10 bits per heavy atom. The van der Waals surface area contributed by atoms with E-state index < -0.39 is 6.61 Å². The molecule has 2 nitrogen and oxygen atoms in total. The summed E-state index contributed by atoms with van der Waals surface area (Å²) in [5.74, 6) is 1.57. The topological polar surface area (TPSA) is 21.3 Å². The summed E-state index contributed by atoms with van der Waals surface area (Å²) in [6.07, 6.45) is 2.36. The molecule has 1 aromatic carbocycles. The maximum atomic E-state index is 12.4.